The number of ether oxygens (including phenoxy) is 1. The largest absolute Gasteiger partial charge is 0.466 e. The summed E-state index contributed by atoms with van der Waals surface area (Å²) in [6.07, 6.45) is 0.194. The van der Waals surface area contributed by atoms with Crippen LogP contribution in [-0.2, 0) is 21.7 Å². The minimum absolute atomic E-state index is 0.194. The van der Waals surface area contributed by atoms with Crippen molar-refractivity contribution in [1.82, 2.24) is 15.2 Å². The van der Waals surface area contributed by atoms with Gasteiger partial charge in [-0.1, -0.05) is 27.7 Å². The maximum Gasteiger partial charge on any atom is 0.311 e. The lowest BCUT2D eigenvalue weighted by molar-refractivity contribution is -0.142. The summed E-state index contributed by atoms with van der Waals surface area (Å²) in [6, 6.07) is 7.68. The molecule has 9 heteroatoms. The number of thioether (sulfide) groups is 1. The Labute approximate surface area is 161 Å². The van der Waals surface area contributed by atoms with Gasteiger partial charge in [-0.3, -0.25) is 4.79 Å². The van der Waals surface area contributed by atoms with Gasteiger partial charge in [0.05, 0.1) is 24.5 Å². The van der Waals surface area contributed by atoms with E-state index in [0.717, 1.165) is 14.4 Å². The molecule has 0 aliphatic rings. The molecule has 0 radical (unpaired) electrons. The quantitative estimate of drug-likeness (QED) is 0.399. The highest BCUT2D eigenvalue weighted by Crippen LogP contribution is 2.27. The van der Waals surface area contributed by atoms with Gasteiger partial charge in [-0.2, -0.15) is 0 Å². The smallest absolute Gasteiger partial charge is 0.311 e. The fourth-order valence-electron chi connectivity index (χ4n) is 1.94. The topological polar surface area (TPSA) is 78.1 Å². The van der Waals surface area contributed by atoms with E-state index in [4.69, 9.17) is 9.15 Å². The van der Waals surface area contributed by atoms with Crippen LogP contribution in [0.4, 0.5) is 0 Å². The van der Waals surface area contributed by atoms with Crippen LogP contribution in [0.1, 0.15) is 18.5 Å². The molecular formula is C16H14BrN3O3S2. The van der Waals surface area contributed by atoms with Gasteiger partial charge in [-0.15, -0.1) is 21.5 Å². The molecule has 0 unspecified atom stereocenters. The predicted octanol–water partition coefficient (Wildman–Crippen LogP) is 4.35. The second-order valence-corrected chi connectivity index (χ2v) is 7.88. The summed E-state index contributed by atoms with van der Waals surface area (Å²) in [5.41, 5.74) is 1.59. The maximum atomic E-state index is 11.5. The van der Waals surface area contributed by atoms with E-state index in [9.17, 15) is 4.79 Å². The minimum atomic E-state index is -0.264. The first kappa shape index (κ1) is 18.1. The Balaban J connectivity index is 1.56. The molecule has 0 saturated heterocycles. The molecule has 3 rings (SSSR count). The summed E-state index contributed by atoms with van der Waals surface area (Å²) in [5, 5.41) is 9.99. The molecule has 0 aliphatic carbocycles. The van der Waals surface area contributed by atoms with Gasteiger partial charge < -0.3 is 9.15 Å². The first-order valence-corrected chi connectivity index (χ1v) is 10.1. The Morgan fingerprint density at radius 2 is 2.12 bits per heavy atom. The van der Waals surface area contributed by atoms with E-state index < -0.39 is 0 Å². The van der Waals surface area contributed by atoms with Crippen molar-refractivity contribution < 1.29 is 13.9 Å². The lowest BCUT2D eigenvalue weighted by Crippen LogP contribution is -2.07. The summed E-state index contributed by atoms with van der Waals surface area (Å²) in [5.74, 6) is 1.28. The van der Waals surface area contributed by atoms with Gasteiger partial charge in [0.2, 0.25) is 11.8 Å². The average Bonchev–Trinajstić information content (AvgIpc) is 3.23. The number of aromatic nitrogens is 3. The van der Waals surface area contributed by atoms with Crippen molar-refractivity contribution >= 4 is 45.0 Å². The van der Waals surface area contributed by atoms with Gasteiger partial charge in [-0.05, 0) is 31.2 Å². The van der Waals surface area contributed by atoms with Crippen molar-refractivity contribution in [3.63, 3.8) is 0 Å². The van der Waals surface area contributed by atoms with E-state index >= 15 is 0 Å². The van der Waals surface area contributed by atoms with Crippen LogP contribution in [-0.4, -0.2) is 27.8 Å². The van der Waals surface area contributed by atoms with E-state index in [2.05, 4.69) is 31.1 Å². The molecule has 2 heterocycles. The standard InChI is InChI=1S/C16H14BrN3O3S2/c1-2-22-14(21)7-12-8-24-16(18-12)25-9-13-19-20-15(23-13)10-3-5-11(17)6-4-10/h3-6,8H,2,7,9H2,1H3. The Kier molecular flexibility index (Phi) is 6.22. The number of hydrogen-bond donors (Lipinski definition) is 0. The molecule has 0 atom stereocenters. The number of carbonyl (C=O) groups excluding carboxylic acids is 1. The highest BCUT2D eigenvalue weighted by molar-refractivity contribution is 9.10. The van der Waals surface area contributed by atoms with E-state index in [1.807, 2.05) is 29.6 Å². The summed E-state index contributed by atoms with van der Waals surface area (Å²) in [7, 11) is 0. The van der Waals surface area contributed by atoms with Crippen molar-refractivity contribution in [2.75, 3.05) is 6.61 Å². The molecule has 0 bridgehead atoms. The Bertz CT molecular complexity index is 848. The van der Waals surface area contributed by atoms with Gasteiger partial charge in [-0.25, -0.2) is 4.98 Å². The summed E-state index contributed by atoms with van der Waals surface area (Å²) < 4.78 is 12.4. The highest BCUT2D eigenvalue weighted by Gasteiger charge is 2.12. The summed E-state index contributed by atoms with van der Waals surface area (Å²) in [4.78, 5) is 15.9. The van der Waals surface area contributed by atoms with Crippen LogP contribution >= 0.6 is 39.0 Å². The van der Waals surface area contributed by atoms with Gasteiger partial charge in [0, 0.05) is 15.4 Å². The molecule has 3 aromatic rings. The number of hydrogen-bond acceptors (Lipinski definition) is 8. The van der Waals surface area contributed by atoms with Crippen molar-refractivity contribution in [2.24, 2.45) is 0 Å². The first-order valence-electron chi connectivity index (χ1n) is 7.45. The Hall–Kier alpha value is -1.71. The van der Waals surface area contributed by atoms with E-state index in [0.29, 0.717) is 29.8 Å². The molecule has 1 aromatic carbocycles. The second-order valence-electron chi connectivity index (χ2n) is 4.88. The zero-order valence-electron chi connectivity index (χ0n) is 13.3. The van der Waals surface area contributed by atoms with Gasteiger partial charge in [0.1, 0.15) is 0 Å². The van der Waals surface area contributed by atoms with Crippen LogP contribution in [0.3, 0.4) is 0 Å². The molecule has 2 aromatic heterocycles. The molecular weight excluding hydrogens is 426 g/mol. The SMILES string of the molecule is CCOC(=O)Cc1csc(SCc2nnc(-c3ccc(Br)cc3)o2)n1. The fourth-order valence-corrected chi connectivity index (χ4v) is 3.89. The minimum Gasteiger partial charge on any atom is -0.466 e. The number of rotatable bonds is 7. The Morgan fingerprint density at radius 1 is 1.32 bits per heavy atom. The monoisotopic (exact) mass is 439 g/mol. The summed E-state index contributed by atoms with van der Waals surface area (Å²) >= 11 is 6.37. The highest BCUT2D eigenvalue weighted by atomic mass is 79.9. The van der Waals surface area contributed by atoms with Gasteiger partial charge >= 0.3 is 5.97 Å². The predicted molar refractivity (Wildman–Crippen MR) is 99.4 cm³/mol. The fraction of sp³-hybridized carbons (Fsp3) is 0.250. The van der Waals surface area contributed by atoms with Crippen molar-refractivity contribution in [2.45, 2.75) is 23.4 Å². The molecule has 0 amide bonds. The number of carbonyl (C=O) groups is 1. The molecule has 6 nitrogen and oxygen atoms in total. The number of benzene rings is 1. The third-order valence-electron chi connectivity index (χ3n) is 3.04. The molecule has 0 aliphatic heterocycles. The van der Waals surface area contributed by atoms with Crippen LogP contribution < -0.4 is 0 Å². The van der Waals surface area contributed by atoms with Gasteiger partial charge in [0.15, 0.2) is 4.34 Å². The molecule has 0 fully saturated rings. The number of halogens is 1. The van der Waals surface area contributed by atoms with Crippen molar-refractivity contribution in [3.05, 3.63) is 45.7 Å². The zero-order valence-corrected chi connectivity index (χ0v) is 16.5. The van der Waals surface area contributed by atoms with Crippen LogP contribution in [0.2, 0.25) is 0 Å². The van der Waals surface area contributed by atoms with E-state index in [1.165, 1.54) is 23.1 Å². The molecule has 0 N–H and O–H groups in total. The van der Waals surface area contributed by atoms with Crippen LogP contribution in [0.5, 0.6) is 0 Å². The molecule has 0 spiro atoms. The van der Waals surface area contributed by atoms with Crippen molar-refractivity contribution in [3.8, 4) is 11.5 Å². The maximum absolute atomic E-state index is 11.5. The lowest BCUT2D eigenvalue weighted by Gasteiger charge is -1.98. The third-order valence-corrected chi connectivity index (χ3v) is 5.62. The van der Waals surface area contributed by atoms with E-state index in [-0.39, 0.29) is 12.4 Å². The number of esters is 1. The molecule has 0 saturated carbocycles. The first-order chi connectivity index (χ1) is 12.1. The van der Waals surface area contributed by atoms with Crippen LogP contribution in [0, 0.1) is 0 Å². The van der Waals surface area contributed by atoms with Crippen LogP contribution in [0.15, 0.2) is 42.9 Å². The van der Waals surface area contributed by atoms with Gasteiger partial charge in [0.25, 0.3) is 0 Å². The summed E-state index contributed by atoms with van der Waals surface area (Å²) in [6.45, 7) is 2.16. The van der Waals surface area contributed by atoms with Crippen molar-refractivity contribution in [1.29, 1.82) is 0 Å². The van der Waals surface area contributed by atoms with E-state index in [1.54, 1.807) is 6.92 Å². The lowest BCUT2D eigenvalue weighted by atomic mass is 10.2. The Morgan fingerprint density at radius 3 is 2.88 bits per heavy atom. The normalized spacial score (nSPS) is 10.8. The third kappa shape index (κ3) is 5.13. The number of thiazole rings is 1. The molecule has 130 valence electrons. The zero-order chi connectivity index (χ0) is 17.6. The molecule has 25 heavy (non-hydrogen) atoms. The average molecular weight is 440 g/mol. The second kappa shape index (κ2) is 8.59. The number of nitrogens with zero attached hydrogens (tertiary/aromatic N) is 3. The van der Waals surface area contributed by atoms with Crippen LogP contribution in [0.25, 0.3) is 11.5 Å².